The molecule has 0 aliphatic carbocycles. The fourth-order valence-electron chi connectivity index (χ4n) is 7.33. The summed E-state index contributed by atoms with van der Waals surface area (Å²) in [5.41, 5.74) is 9.43. The largest absolute Gasteiger partial charge is 0.293 e. The van der Waals surface area contributed by atoms with E-state index in [1.54, 1.807) is 0 Å². The first kappa shape index (κ1) is 29.6. The Morgan fingerprint density at radius 2 is 1.14 bits per heavy atom. The zero-order chi connectivity index (χ0) is 33.6. The summed E-state index contributed by atoms with van der Waals surface area (Å²) in [6.45, 7) is 6.28. The zero-order valence-corrected chi connectivity index (χ0v) is 27.7. The van der Waals surface area contributed by atoms with Gasteiger partial charge in [-0.05, 0) is 69.4 Å². The lowest BCUT2D eigenvalue weighted by Crippen LogP contribution is -1.99. The Labute approximate surface area is 290 Å². The van der Waals surface area contributed by atoms with Crippen molar-refractivity contribution in [3.05, 3.63) is 188 Å². The molecule has 0 saturated carbocycles. The third kappa shape index (κ3) is 4.83. The number of pyridine rings is 1. The standard InChI is InChI=1S/C47H33N3/c1-3-32(26-25-31(2)47-48-42-23-13-14-24-43(42)50(47)35-15-5-4-6-16-35)33-27-29-34(30-28-33)45-41-22-12-10-20-39(41)44-38-19-9-7-17-36(38)37-18-8-11-21-40(37)46(44)49-45/h3-30H,1H2,2H3/b31-25+,32-26+. The quantitative estimate of drug-likeness (QED) is 0.134. The highest BCUT2D eigenvalue weighted by atomic mass is 15.1. The van der Waals surface area contributed by atoms with Crippen LogP contribution < -0.4 is 0 Å². The van der Waals surface area contributed by atoms with Crippen LogP contribution in [0.25, 0.3) is 82.3 Å². The summed E-state index contributed by atoms with van der Waals surface area (Å²) in [7, 11) is 0. The summed E-state index contributed by atoms with van der Waals surface area (Å²) in [4.78, 5) is 10.5. The fraction of sp³-hybridized carbons (Fsp3) is 0.0213. The molecular formula is C47H33N3. The molecule has 0 aliphatic heterocycles. The number of imidazole rings is 1. The van der Waals surface area contributed by atoms with Crippen molar-refractivity contribution in [3.63, 3.8) is 0 Å². The topological polar surface area (TPSA) is 30.7 Å². The molecule has 0 radical (unpaired) electrons. The molecule has 0 unspecified atom stereocenters. The summed E-state index contributed by atoms with van der Waals surface area (Å²) < 4.78 is 2.23. The number of rotatable bonds is 6. The van der Waals surface area contributed by atoms with Gasteiger partial charge in [-0.15, -0.1) is 0 Å². The van der Waals surface area contributed by atoms with Crippen LogP contribution >= 0.6 is 0 Å². The number of para-hydroxylation sites is 3. The highest BCUT2D eigenvalue weighted by Gasteiger charge is 2.17. The number of hydrogen-bond donors (Lipinski definition) is 0. The molecule has 9 rings (SSSR count). The molecule has 3 nitrogen and oxygen atoms in total. The Morgan fingerprint density at radius 1 is 0.560 bits per heavy atom. The van der Waals surface area contributed by atoms with E-state index in [4.69, 9.17) is 9.97 Å². The second kappa shape index (κ2) is 12.1. The van der Waals surface area contributed by atoms with E-state index in [0.717, 1.165) is 61.4 Å². The summed E-state index contributed by atoms with van der Waals surface area (Å²) in [5, 5.41) is 8.45. The van der Waals surface area contributed by atoms with Crippen LogP contribution in [0.3, 0.4) is 0 Å². The van der Waals surface area contributed by atoms with Gasteiger partial charge in [0.1, 0.15) is 5.82 Å². The van der Waals surface area contributed by atoms with E-state index in [1.165, 1.54) is 32.3 Å². The number of fused-ring (bicyclic) bond motifs is 9. The van der Waals surface area contributed by atoms with Crippen molar-refractivity contribution in [2.75, 3.05) is 0 Å². The maximum Gasteiger partial charge on any atom is 0.141 e. The number of nitrogens with zero attached hydrogens (tertiary/aromatic N) is 3. The summed E-state index contributed by atoms with van der Waals surface area (Å²) >= 11 is 0. The molecule has 50 heavy (non-hydrogen) atoms. The molecule has 0 N–H and O–H groups in total. The lowest BCUT2D eigenvalue weighted by atomic mass is 9.92. The predicted octanol–water partition coefficient (Wildman–Crippen LogP) is 12.4. The van der Waals surface area contributed by atoms with Gasteiger partial charge in [0.2, 0.25) is 0 Å². The Hall–Kier alpha value is -6.58. The molecule has 0 amide bonds. The first-order valence-corrected chi connectivity index (χ1v) is 17.0. The zero-order valence-electron chi connectivity index (χ0n) is 27.7. The van der Waals surface area contributed by atoms with Gasteiger partial charge in [-0.3, -0.25) is 4.57 Å². The number of hydrogen-bond acceptors (Lipinski definition) is 2. The number of benzene rings is 7. The van der Waals surface area contributed by atoms with Gasteiger partial charge < -0.3 is 0 Å². The minimum absolute atomic E-state index is 0.918. The monoisotopic (exact) mass is 639 g/mol. The molecule has 236 valence electrons. The molecule has 3 heteroatoms. The minimum atomic E-state index is 0.918. The van der Waals surface area contributed by atoms with Crippen molar-refractivity contribution >= 4 is 65.4 Å². The lowest BCUT2D eigenvalue weighted by Gasteiger charge is -2.15. The van der Waals surface area contributed by atoms with Gasteiger partial charge in [-0.25, -0.2) is 9.97 Å². The Kier molecular flexibility index (Phi) is 7.18. The van der Waals surface area contributed by atoms with Crippen LogP contribution in [0.5, 0.6) is 0 Å². The van der Waals surface area contributed by atoms with Crippen molar-refractivity contribution in [1.29, 1.82) is 0 Å². The van der Waals surface area contributed by atoms with Gasteiger partial charge in [-0.1, -0.05) is 152 Å². The normalized spacial score (nSPS) is 12.4. The van der Waals surface area contributed by atoms with E-state index in [2.05, 4.69) is 170 Å². The summed E-state index contributed by atoms with van der Waals surface area (Å²) in [6, 6.07) is 53.4. The van der Waals surface area contributed by atoms with Crippen molar-refractivity contribution in [1.82, 2.24) is 14.5 Å². The molecule has 2 heterocycles. The van der Waals surface area contributed by atoms with Crippen molar-refractivity contribution < 1.29 is 0 Å². The van der Waals surface area contributed by atoms with E-state index < -0.39 is 0 Å². The van der Waals surface area contributed by atoms with E-state index in [9.17, 15) is 0 Å². The minimum Gasteiger partial charge on any atom is -0.293 e. The molecule has 7 aromatic carbocycles. The van der Waals surface area contributed by atoms with Crippen LogP contribution in [0.2, 0.25) is 0 Å². The molecule has 0 bridgehead atoms. The maximum absolute atomic E-state index is 5.44. The molecular weight excluding hydrogens is 607 g/mol. The third-order valence-electron chi connectivity index (χ3n) is 9.73. The van der Waals surface area contributed by atoms with Gasteiger partial charge in [0.25, 0.3) is 0 Å². The Bertz CT molecular complexity index is 2820. The SMILES string of the molecule is C=C/C(=C\C=C(/C)c1nc2ccccc2n1-c1ccccc1)c1ccc(-c2nc3c4ccccc4c4ccccc4c3c3ccccc23)cc1. The summed E-state index contributed by atoms with van der Waals surface area (Å²) in [5.74, 6) is 0.918. The van der Waals surface area contributed by atoms with Crippen molar-refractivity contribution in [2.24, 2.45) is 0 Å². The molecule has 9 aromatic rings. The molecule has 0 aliphatic rings. The van der Waals surface area contributed by atoms with Crippen LogP contribution in [0.1, 0.15) is 18.3 Å². The molecule has 0 saturated heterocycles. The van der Waals surface area contributed by atoms with Gasteiger partial charge in [0.05, 0.1) is 22.2 Å². The van der Waals surface area contributed by atoms with Gasteiger partial charge in [0.15, 0.2) is 0 Å². The Balaban J connectivity index is 1.14. The van der Waals surface area contributed by atoms with Crippen molar-refractivity contribution in [2.45, 2.75) is 6.92 Å². The van der Waals surface area contributed by atoms with Crippen LogP contribution in [-0.2, 0) is 0 Å². The van der Waals surface area contributed by atoms with E-state index >= 15 is 0 Å². The average Bonchev–Trinajstić information content (AvgIpc) is 3.58. The second-order valence-electron chi connectivity index (χ2n) is 12.7. The number of aromatic nitrogens is 3. The lowest BCUT2D eigenvalue weighted by molar-refractivity contribution is 1.05. The van der Waals surface area contributed by atoms with Gasteiger partial charge >= 0.3 is 0 Å². The van der Waals surface area contributed by atoms with Gasteiger partial charge in [0, 0.05) is 27.4 Å². The maximum atomic E-state index is 5.44. The van der Waals surface area contributed by atoms with E-state index in [-0.39, 0.29) is 0 Å². The summed E-state index contributed by atoms with van der Waals surface area (Å²) in [6.07, 6.45) is 6.19. The van der Waals surface area contributed by atoms with Gasteiger partial charge in [-0.2, -0.15) is 0 Å². The van der Waals surface area contributed by atoms with E-state index in [1.807, 2.05) is 18.2 Å². The third-order valence-corrected chi connectivity index (χ3v) is 9.73. The highest BCUT2D eigenvalue weighted by molar-refractivity contribution is 6.31. The van der Waals surface area contributed by atoms with Crippen LogP contribution in [0.15, 0.2) is 176 Å². The Morgan fingerprint density at radius 3 is 1.86 bits per heavy atom. The smallest absolute Gasteiger partial charge is 0.141 e. The van der Waals surface area contributed by atoms with Crippen LogP contribution in [-0.4, -0.2) is 14.5 Å². The predicted molar refractivity (Wildman–Crippen MR) is 213 cm³/mol. The van der Waals surface area contributed by atoms with Crippen LogP contribution in [0.4, 0.5) is 0 Å². The van der Waals surface area contributed by atoms with Crippen LogP contribution in [0, 0.1) is 0 Å². The molecule has 0 atom stereocenters. The average molecular weight is 640 g/mol. The fourth-order valence-corrected chi connectivity index (χ4v) is 7.33. The second-order valence-corrected chi connectivity index (χ2v) is 12.7. The number of allylic oxidation sites excluding steroid dienone is 5. The first-order chi connectivity index (χ1) is 24.7. The first-order valence-electron chi connectivity index (χ1n) is 17.0. The molecule has 2 aromatic heterocycles. The molecule has 0 fully saturated rings. The van der Waals surface area contributed by atoms with E-state index in [0.29, 0.717) is 0 Å². The molecule has 0 spiro atoms. The van der Waals surface area contributed by atoms with Crippen molar-refractivity contribution in [3.8, 4) is 16.9 Å². The highest BCUT2D eigenvalue weighted by Crippen LogP contribution is 2.41.